The molecule has 3 aromatic heterocycles. The van der Waals surface area contributed by atoms with Crippen LogP contribution in [0.1, 0.15) is 25.0 Å². The molecule has 3 heterocycles. The Hall–Kier alpha value is -3.13. The first kappa shape index (κ1) is 16.1. The predicted octanol–water partition coefficient (Wildman–Crippen LogP) is 2.36. The van der Waals surface area contributed by atoms with E-state index in [2.05, 4.69) is 36.6 Å². The smallest absolute Gasteiger partial charge is 0.225 e. The molecule has 0 bridgehead atoms. The van der Waals surface area contributed by atoms with Gasteiger partial charge in [-0.25, -0.2) is 4.98 Å². The Morgan fingerprint density at radius 2 is 2.04 bits per heavy atom. The number of fused-ring (bicyclic) bond motifs is 2. The van der Waals surface area contributed by atoms with E-state index in [4.69, 9.17) is 5.73 Å². The molecule has 8 nitrogen and oxygen atoms in total. The fourth-order valence-electron chi connectivity index (χ4n) is 3.65. The Morgan fingerprint density at radius 1 is 1.11 bits per heavy atom. The maximum Gasteiger partial charge on any atom is 0.225 e. The quantitative estimate of drug-likeness (QED) is 0.577. The average Bonchev–Trinajstić information content (AvgIpc) is 3.27. The zero-order valence-corrected chi connectivity index (χ0v) is 15.0. The maximum absolute atomic E-state index is 6.00. The van der Waals surface area contributed by atoms with Gasteiger partial charge < -0.3 is 11.1 Å². The number of hydrogen-bond donors (Lipinski definition) is 2. The predicted molar refractivity (Wildman–Crippen MR) is 104 cm³/mol. The molecule has 3 N–H and O–H groups in total. The Labute approximate surface area is 155 Å². The molecule has 0 amide bonds. The number of nitrogens with two attached hydrogens (primary N) is 1. The van der Waals surface area contributed by atoms with Crippen molar-refractivity contribution < 1.29 is 0 Å². The minimum Gasteiger partial charge on any atom is -0.351 e. The number of pyridine rings is 1. The van der Waals surface area contributed by atoms with E-state index < -0.39 is 0 Å². The average molecular weight is 360 g/mol. The topological polar surface area (TPSA) is 107 Å². The Kier molecular flexibility index (Phi) is 3.71. The van der Waals surface area contributed by atoms with E-state index in [0.717, 1.165) is 41.5 Å². The van der Waals surface area contributed by atoms with Gasteiger partial charge >= 0.3 is 0 Å². The zero-order chi connectivity index (χ0) is 18.4. The standard InChI is InChI=1S/C19H20N8/c1-11-2-3-12-8-15(6-7-16(12)22-11)27-18-17(25-26-27)10-21-19(24-18)23-14-5-4-13(20)9-14/h2-3,6-8,10,13-14H,4-5,9,20H2,1H3,(H,21,23,24). The number of anilines is 1. The van der Waals surface area contributed by atoms with Crippen LogP contribution in [0.5, 0.6) is 0 Å². The molecule has 5 rings (SSSR count). The normalized spacial score (nSPS) is 19.8. The zero-order valence-electron chi connectivity index (χ0n) is 15.0. The van der Waals surface area contributed by atoms with Crippen LogP contribution in [0.25, 0.3) is 27.8 Å². The van der Waals surface area contributed by atoms with Gasteiger partial charge in [-0.15, -0.1) is 5.10 Å². The number of benzene rings is 1. The van der Waals surface area contributed by atoms with Gasteiger partial charge in [0, 0.05) is 23.2 Å². The number of nitrogens with one attached hydrogen (secondary N) is 1. The van der Waals surface area contributed by atoms with Crippen molar-refractivity contribution >= 4 is 28.0 Å². The lowest BCUT2D eigenvalue weighted by Crippen LogP contribution is -2.21. The second kappa shape index (κ2) is 6.24. The molecule has 1 aliphatic rings. The summed E-state index contributed by atoms with van der Waals surface area (Å²) < 4.78 is 1.74. The van der Waals surface area contributed by atoms with Gasteiger partial charge in [0.15, 0.2) is 11.2 Å². The van der Waals surface area contributed by atoms with Crippen molar-refractivity contribution in [2.45, 2.75) is 38.3 Å². The second-order valence-corrected chi connectivity index (χ2v) is 7.15. The van der Waals surface area contributed by atoms with Gasteiger partial charge in [-0.2, -0.15) is 9.67 Å². The molecule has 0 radical (unpaired) electrons. The van der Waals surface area contributed by atoms with E-state index in [-0.39, 0.29) is 6.04 Å². The minimum atomic E-state index is 0.258. The van der Waals surface area contributed by atoms with Gasteiger partial charge in [-0.3, -0.25) is 4.98 Å². The summed E-state index contributed by atoms with van der Waals surface area (Å²) in [6.07, 6.45) is 4.71. The lowest BCUT2D eigenvalue weighted by Gasteiger charge is -2.12. The van der Waals surface area contributed by atoms with Crippen LogP contribution in [0.3, 0.4) is 0 Å². The summed E-state index contributed by atoms with van der Waals surface area (Å²) in [6.45, 7) is 1.99. The van der Waals surface area contributed by atoms with Crippen LogP contribution in [-0.2, 0) is 0 Å². The molecule has 8 heteroatoms. The van der Waals surface area contributed by atoms with E-state index in [0.29, 0.717) is 23.2 Å². The van der Waals surface area contributed by atoms with Crippen molar-refractivity contribution in [3.63, 3.8) is 0 Å². The van der Waals surface area contributed by atoms with Crippen molar-refractivity contribution in [3.05, 3.63) is 42.2 Å². The van der Waals surface area contributed by atoms with E-state index in [1.165, 1.54) is 0 Å². The molecule has 1 fully saturated rings. The molecule has 1 aliphatic carbocycles. The summed E-state index contributed by atoms with van der Waals surface area (Å²) in [7, 11) is 0. The highest BCUT2D eigenvalue weighted by Gasteiger charge is 2.22. The third-order valence-electron chi connectivity index (χ3n) is 5.06. The van der Waals surface area contributed by atoms with Gasteiger partial charge in [-0.05, 0) is 50.5 Å². The van der Waals surface area contributed by atoms with Crippen molar-refractivity contribution in [2.75, 3.05) is 5.32 Å². The summed E-state index contributed by atoms with van der Waals surface area (Å²) in [5.74, 6) is 0.586. The lowest BCUT2D eigenvalue weighted by atomic mass is 10.2. The van der Waals surface area contributed by atoms with Crippen LogP contribution in [0.4, 0.5) is 5.95 Å². The fourth-order valence-corrected chi connectivity index (χ4v) is 3.65. The summed E-state index contributed by atoms with van der Waals surface area (Å²) in [6, 6.07) is 10.7. The largest absolute Gasteiger partial charge is 0.351 e. The monoisotopic (exact) mass is 360 g/mol. The van der Waals surface area contributed by atoms with E-state index in [9.17, 15) is 0 Å². The fraction of sp³-hybridized carbons (Fsp3) is 0.316. The molecule has 0 spiro atoms. The molecule has 2 atom stereocenters. The molecule has 0 aliphatic heterocycles. The second-order valence-electron chi connectivity index (χ2n) is 7.15. The van der Waals surface area contributed by atoms with Gasteiger partial charge in [-0.1, -0.05) is 11.3 Å². The van der Waals surface area contributed by atoms with Gasteiger partial charge in [0.2, 0.25) is 5.95 Å². The third kappa shape index (κ3) is 2.97. The van der Waals surface area contributed by atoms with E-state index in [1.54, 1.807) is 10.9 Å². The molecule has 1 aromatic carbocycles. The third-order valence-corrected chi connectivity index (χ3v) is 5.06. The molecule has 136 valence electrons. The van der Waals surface area contributed by atoms with Crippen LogP contribution >= 0.6 is 0 Å². The Morgan fingerprint density at radius 3 is 2.89 bits per heavy atom. The highest BCUT2D eigenvalue weighted by atomic mass is 15.4. The van der Waals surface area contributed by atoms with Gasteiger partial charge in [0.25, 0.3) is 0 Å². The first-order chi connectivity index (χ1) is 13.2. The summed E-state index contributed by atoms with van der Waals surface area (Å²) >= 11 is 0. The van der Waals surface area contributed by atoms with Crippen LogP contribution in [-0.4, -0.2) is 42.0 Å². The Bertz CT molecular complexity index is 1140. The van der Waals surface area contributed by atoms with E-state index in [1.807, 2.05) is 31.2 Å². The molecule has 27 heavy (non-hydrogen) atoms. The highest BCUT2D eigenvalue weighted by molar-refractivity contribution is 5.82. The molecule has 1 saturated carbocycles. The van der Waals surface area contributed by atoms with Crippen LogP contribution in [0.15, 0.2) is 36.5 Å². The maximum atomic E-state index is 6.00. The summed E-state index contributed by atoms with van der Waals surface area (Å²) in [5.41, 5.74) is 10.2. The molecule has 0 saturated heterocycles. The molecule has 4 aromatic rings. The van der Waals surface area contributed by atoms with E-state index >= 15 is 0 Å². The number of aryl methyl sites for hydroxylation is 1. The SMILES string of the molecule is Cc1ccc2cc(-n3nnc4cnc(NC5CCC(N)C5)nc43)ccc2n1. The summed E-state index contributed by atoms with van der Waals surface area (Å²) in [4.78, 5) is 13.6. The number of hydrogen-bond acceptors (Lipinski definition) is 7. The lowest BCUT2D eigenvalue weighted by molar-refractivity contribution is 0.685. The minimum absolute atomic E-state index is 0.258. The molecular weight excluding hydrogens is 340 g/mol. The van der Waals surface area contributed by atoms with Crippen LogP contribution in [0, 0.1) is 6.92 Å². The molecular formula is C19H20N8. The Balaban J connectivity index is 1.53. The number of rotatable bonds is 3. The van der Waals surface area contributed by atoms with Gasteiger partial charge in [0.05, 0.1) is 17.4 Å². The van der Waals surface area contributed by atoms with Crippen LogP contribution in [0.2, 0.25) is 0 Å². The van der Waals surface area contributed by atoms with Crippen molar-refractivity contribution in [2.24, 2.45) is 5.73 Å². The highest BCUT2D eigenvalue weighted by Crippen LogP contribution is 2.23. The van der Waals surface area contributed by atoms with Crippen molar-refractivity contribution in [1.29, 1.82) is 0 Å². The van der Waals surface area contributed by atoms with Crippen molar-refractivity contribution in [3.8, 4) is 5.69 Å². The first-order valence-electron chi connectivity index (χ1n) is 9.14. The number of nitrogens with zero attached hydrogens (tertiary/aromatic N) is 6. The molecule has 2 unspecified atom stereocenters. The van der Waals surface area contributed by atoms with Gasteiger partial charge in [0.1, 0.15) is 0 Å². The van der Waals surface area contributed by atoms with Crippen LogP contribution < -0.4 is 11.1 Å². The summed E-state index contributed by atoms with van der Waals surface area (Å²) in [5, 5.41) is 12.9. The first-order valence-corrected chi connectivity index (χ1v) is 9.14. The number of aromatic nitrogens is 6. The van der Waals surface area contributed by atoms with Crippen molar-refractivity contribution in [1.82, 2.24) is 29.9 Å².